The first kappa shape index (κ1) is 90.5. The third-order valence-electron chi connectivity index (χ3n) is 37.0. The maximum absolute atomic E-state index is 8.66. The average molecular weight is 1870 g/mol. The van der Waals surface area contributed by atoms with E-state index in [0.717, 1.165) is 175 Å². The molecule has 0 nitrogen and oxygen atoms in total. The van der Waals surface area contributed by atoms with E-state index in [2.05, 4.69) is 104 Å². The van der Waals surface area contributed by atoms with Gasteiger partial charge in [-0.2, -0.15) is 0 Å². The lowest BCUT2D eigenvalue weighted by molar-refractivity contribution is 0.0828. The van der Waals surface area contributed by atoms with Gasteiger partial charge in [-0.3, -0.25) is 0 Å². The molecule has 10 bridgehead atoms. The molecular formula is C133H248. The van der Waals surface area contributed by atoms with E-state index in [9.17, 15) is 0 Å². The van der Waals surface area contributed by atoms with Gasteiger partial charge in [-0.25, -0.2) is 0 Å². The van der Waals surface area contributed by atoms with Gasteiger partial charge in [0.05, 0.1) is 0 Å². The molecule has 0 amide bonds. The van der Waals surface area contributed by atoms with Crippen molar-refractivity contribution < 1.29 is 24.7 Å². The smallest absolute Gasteiger partial charge is 0.0275 e. The zero-order chi connectivity index (χ0) is 113. The van der Waals surface area contributed by atoms with Crippen molar-refractivity contribution in [3.05, 3.63) is 0 Å². The van der Waals surface area contributed by atoms with Gasteiger partial charge in [-0.1, -0.05) is 386 Å². The first-order valence-electron chi connectivity index (χ1n) is 69.1. The predicted molar refractivity (Wildman–Crippen MR) is 593 cm³/mol. The maximum atomic E-state index is 8.66. The zero-order valence-electron chi connectivity index (χ0n) is 113. The highest BCUT2D eigenvalue weighted by atomic mass is 14.5. The topological polar surface area (TPSA) is 0 Å². The molecule has 4 spiro atoms. The Hall–Kier alpha value is 0. The summed E-state index contributed by atoms with van der Waals surface area (Å²) in [4.78, 5) is 0. The van der Waals surface area contributed by atoms with Crippen molar-refractivity contribution >= 4 is 0 Å². The summed E-state index contributed by atoms with van der Waals surface area (Å²) in [6, 6.07) is 0. The van der Waals surface area contributed by atoms with Crippen LogP contribution >= 0.6 is 0 Å². The van der Waals surface area contributed by atoms with Gasteiger partial charge in [0.15, 0.2) is 0 Å². The third kappa shape index (κ3) is 45.3. The molecule has 0 radical (unpaired) electrons. The number of rotatable bonds is 9. The van der Waals surface area contributed by atoms with E-state index in [0.29, 0.717) is 51.2 Å². The van der Waals surface area contributed by atoms with Crippen LogP contribution in [-0.2, 0) is 0 Å². The minimum absolute atomic E-state index is 0.215. The molecule has 0 aromatic carbocycles. The van der Waals surface area contributed by atoms with Gasteiger partial charge in [-0.15, -0.1) is 0 Å². The summed E-state index contributed by atoms with van der Waals surface area (Å²) >= 11 is 0. The van der Waals surface area contributed by atoms with Crippen LogP contribution in [0.2, 0.25) is 0 Å². The Morgan fingerprint density at radius 3 is 0.662 bits per heavy atom. The van der Waals surface area contributed by atoms with Crippen LogP contribution in [0.1, 0.15) is 686 Å². The van der Waals surface area contributed by atoms with Crippen molar-refractivity contribution in [2.45, 2.75) is 662 Å². The number of hydrogen-bond acceptors (Lipinski definition) is 0. The highest BCUT2D eigenvalue weighted by molar-refractivity contribution is 4.99. The Morgan fingerprint density at radius 2 is 0.331 bits per heavy atom. The van der Waals surface area contributed by atoms with Crippen molar-refractivity contribution in [3.63, 3.8) is 0 Å². The largest absolute Gasteiger partial charge is 0.0602 e. The Bertz CT molecular complexity index is 3910. The summed E-state index contributed by atoms with van der Waals surface area (Å²) in [5.41, 5.74) is 0.345. The van der Waals surface area contributed by atoms with Crippen molar-refractivity contribution in [1.82, 2.24) is 0 Å². The number of fused-ring (bicyclic) bond motifs is 17. The van der Waals surface area contributed by atoms with Gasteiger partial charge in [0.2, 0.25) is 0 Å². The summed E-state index contributed by atoms with van der Waals surface area (Å²) in [7, 11) is 0. The van der Waals surface area contributed by atoms with Crippen molar-refractivity contribution in [2.75, 3.05) is 0 Å². The molecule has 12 unspecified atom stereocenters. The Balaban J connectivity index is 0.000000174. The van der Waals surface area contributed by atoms with E-state index in [1.54, 1.807) is 0 Å². The molecule has 20 aliphatic rings. The Labute approximate surface area is 864 Å². The van der Waals surface area contributed by atoms with Crippen LogP contribution in [0.5, 0.6) is 0 Å². The van der Waals surface area contributed by atoms with Crippen LogP contribution < -0.4 is 0 Å². The van der Waals surface area contributed by atoms with Crippen LogP contribution in [0.15, 0.2) is 0 Å². The fraction of sp³-hybridized carbons (Fsp3) is 1.00. The summed E-state index contributed by atoms with van der Waals surface area (Å²) in [6.45, 7) is 55.5. The second-order valence-electron chi connectivity index (χ2n) is 60.9. The Morgan fingerprint density at radius 1 is 0.143 bits per heavy atom. The summed E-state index contributed by atoms with van der Waals surface area (Å²) in [5, 5.41) is 0. The highest BCUT2D eigenvalue weighted by Crippen LogP contribution is 2.60. The minimum atomic E-state index is -1.02. The molecule has 0 N–H and O–H groups in total. The van der Waals surface area contributed by atoms with E-state index < -0.39 is 57.4 Å². The first-order valence-corrected chi connectivity index (χ1v) is 60.1. The molecule has 20 aliphatic carbocycles. The predicted octanol–water partition coefficient (Wildman–Crippen LogP) is 45.1. The van der Waals surface area contributed by atoms with Crippen molar-refractivity contribution in [1.29, 1.82) is 0 Å². The fourth-order valence-electron chi connectivity index (χ4n) is 31.7. The average Bonchev–Trinajstić information content (AvgIpc) is 1.67. The summed E-state index contributed by atoms with van der Waals surface area (Å²) in [6.07, 6.45) is 75.4. The van der Waals surface area contributed by atoms with Gasteiger partial charge >= 0.3 is 0 Å². The molecule has 12 atom stereocenters. The summed E-state index contributed by atoms with van der Waals surface area (Å²) in [5.74, 6) is 11.0. The lowest BCUT2D eigenvalue weighted by Gasteiger charge is -2.44. The lowest BCUT2D eigenvalue weighted by atomic mass is 9.62. The van der Waals surface area contributed by atoms with Gasteiger partial charge in [0, 0.05) is 24.7 Å². The molecular weight excluding hydrogens is 1600 g/mol. The number of hydrogen-bond donors (Lipinski definition) is 0. The van der Waals surface area contributed by atoms with Gasteiger partial charge in [0.25, 0.3) is 0 Å². The lowest BCUT2D eigenvalue weighted by Crippen LogP contribution is -2.30. The monoisotopic (exact) mass is 1860 g/mol. The van der Waals surface area contributed by atoms with E-state index in [1.165, 1.54) is 302 Å². The normalized spacial score (nSPS) is 37.3. The van der Waals surface area contributed by atoms with Crippen molar-refractivity contribution in [3.8, 4) is 0 Å². The van der Waals surface area contributed by atoms with Gasteiger partial charge in [0.1, 0.15) is 0 Å². The van der Waals surface area contributed by atoms with E-state index in [4.69, 9.17) is 24.7 Å². The maximum Gasteiger partial charge on any atom is 0.0275 e. The molecule has 0 aromatic rings. The molecule has 0 aromatic heterocycles. The van der Waals surface area contributed by atoms with Crippen LogP contribution in [-0.4, -0.2) is 0 Å². The molecule has 0 heteroatoms. The molecule has 0 saturated heterocycles. The van der Waals surface area contributed by atoms with E-state index in [-0.39, 0.29) is 72.4 Å². The van der Waals surface area contributed by atoms with Crippen LogP contribution in [0.4, 0.5) is 0 Å². The Kier molecular flexibility index (Phi) is 35.3. The zero-order valence-corrected chi connectivity index (χ0v) is 94.9. The fourth-order valence-corrected chi connectivity index (χ4v) is 31.7. The first-order chi connectivity index (χ1) is 69.1. The summed E-state index contributed by atoms with van der Waals surface area (Å²) < 4.78 is 152. The van der Waals surface area contributed by atoms with E-state index >= 15 is 0 Å². The van der Waals surface area contributed by atoms with Gasteiger partial charge < -0.3 is 0 Å². The molecule has 133 heavy (non-hydrogen) atoms. The third-order valence-corrected chi connectivity index (χ3v) is 37.0. The molecule has 20 saturated carbocycles. The minimum Gasteiger partial charge on any atom is -0.0602 e. The van der Waals surface area contributed by atoms with E-state index in [1.807, 2.05) is 83.1 Å². The molecule has 0 aliphatic heterocycles. The van der Waals surface area contributed by atoms with Gasteiger partial charge in [-0.05, 0) is 458 Å². The van der Waals surface area contributed by atoms with Crippen LogP contribution in [0.3, 0.4) is 0 Å². The molecule has 0 heterocycles. The van der Waals surface area contributed by atoms with Crippen LogP contribution in [0, 0.1) is 183 Å². The SMILES string of the molecule is [2H]C([2H])(C1CC2CCCCC(C2)C1)C(C)(C)C.[2H]C([2H])(C1CC2CCCCC(CC2)C1)C(C)(C)C.[2H]C([2H])(C1CC2CCCCC(CCC2)C1)C(C)(C)C.[2H]C([2H])(C1CCC2(CCC2)C1)C(C)(C)C.[2H]C([2H])(C1CCC2(CCCC2)C1)C(C)(C)C.[2H]C([2H])(C1CCC2(CCCC2)CC1)C(C)(C)C.[2H]C([2H])(C1CCC2(CCCCC2)CC1)C(C)(C)C.[2H]C([2H])(C1CCC2CC(C2)C1)C(C)(C)C.[2H]C([2H])(C1CCC2CCC(C2)C1)C(C)(C)C. The standard InChI is InChI=1S/C17H32.2C16H30.2C15H28.2C14H26.2C13H24/c1-17(2,3)13-16-11-14-7-4-5-8-15(12-16)10-6-9-14;1-15(2,3)13-14-7-11-16(12-8-14)9-5-4-6-10-16;1-16(2,3)12-15-10-13-6-4-5-7-14(11-15)9-8-13;1-14(2,3)12-13-6-10-15(11-7-13)8-4-5-9-15;1-15(2,3)11-14-9-12-6-4-5-7-13(8-12)10-14;1-14(2,3)10-13-7-5-11-4-6-12(8-11)9-13;1-13(2,3)10-12-6-9-14(11-12)7-4-5-8-14;1-12(2,3)9-11-5-8-13(10-11)6-4-7-13;1-13(2,3)9-11-5-4-10-6-12(7-10)8-11/h14-16H,4-13H2,1-3H3;14H,4-13H2,1-3H3;13-15H,4-12H2,1-3H3;13H,4-12H2,1-3H3;12-14H,4-11H2,1-3H3;11-13H,4-10H2,1-3H3;12H,4-11H2,1-3H3;11H,4-10H2,1-3H3;10-12H,4-9H2,1-3H3/i2*13D2;2*12D2;11D2;2*10D2;2*9D2. The molecule has 20 fully saturated rings. The second kappa shape index (κ2) is 51.9. The second-order valence-corrected chi connectivity index (χ2v) is 60.9. The quantitative estimate of drug-likeness (QED) is 0.216. The van der Waals surface area contributed by atoms with Crippen LogP contribution in [0.25, 0.3) is 0 Å². The molecule has 780 valence electrons. The highest BCUT2D eigenvalue weighted by Gasteiger charge is 2.47. The molecule has 20 rings (SSSR count). The van der Waals surface area contributed by atoms with Crippen molar-refractivity contribution in [2.24, 2.45) is 183 Å².